The third-order valence-corrected chi connectivity index (χ3v) is 2.66. The lowest BCUT2D eigenvalue weighted by molar-refractivity contribution is -0.125. The van der Waals surface area contributed by atoms with Crippen LogP contribution >= 0.6 is 0 Å². The minimum Gasteiger partial charge on any atom is -0.423 e. The molecule has 1 rings (SSSR count). The van der Waals surface area contributed by atoms with Gasteiger partial charge in [0.15, 0.2) is 0 Å². The zero-order valence-corrected chi connectivity index (χ0v) is 10.1. The molecule has 0 radical (unpaired) electrons. The smallest absolute Gasteiger partial charge is 0.423 e. The molecule has 0 unspecified atom stereocenters. The number of carbonyl (C=O) groups excluding carboxylic acids is 1. The van der Waals surface area contributed by atoms with Crippen LogP contribution in [0.1, 0.15) is 19.8 Å². The van der Waals surface area contributed by atoms with Crippen LogP contribution in [-0.2, 0) is 4.79 Å². The van der Waals surface area contributed by atoms with Gasteiger partial charge < -0.3 is 14.9 Å². The maximum atomic E-state index is 12.1. The van der Waals surface area contributed by atoms with Crippen molar-refractivity contribution in [3.8, 4) is 0 Å². The average molecular weight is 235 g/mol. The molecule has 1 saturated heterocycles. The molecular weight excluding hydrogens is 217 g/mol. The molecule has 1 fully saturated rings. The van der Waals surface area contributed by atoms with E-state index < -0.39 is 7.12 Å². The number of likely N-dealkylation sites (tertiary alicyclic amines) is 1. The molecule has 2 N–H and O–H groups in total. The second-order valence-electron chi connectivity index (χ2n) is 4.05. The van der Waals surface area contributed by atoms with E-state index in [2.05, 4.69) is 6.58 Å². The van der Waals surface area contributed by atoms with Gasteiger partial charge in [0.25, 0.3) is 5.91 Å². The number of rotatable bonds is 4. The van der Waals surface area contributed by atoms with Crippen LogP contribution in [0.5, 0.6) is 0 Å². The summed E-state index contributed by atoms with van der Waals surface area (Å²) in [5.41, 5.74) is 0.554. The van der Waals surface area contributed by atoms with Gasteiger partial charge in [-0.3, -0.25) is 4.79 Å². The number of hydrogen-bond donors (Lipinski definition) is 2. The maximum absolute atomic E-state index is 12.1. The first-order valence-electron chi connectivity index (χ1n) is 5.75. The molecular formula is C12H18BNO3. The number of allylic oxidation sites excluding steroid dienone is 3. The number of amides is 1. The second kappa shape index (κ2) is 6.42. The Morgan fingerprint density at radius 1 is 1.35 bits per heavy atom. The van der Waals surface area contributed by atoms with E-state index in [-0.39, 0.29) is 11.4 Å². The van der Waals surface area contributed by atoms with Crippen molar-refractivity contribution < 1.29 is 14.8 Å². The van der Waals surface area contributed by atoms with Crippen LogP contribution in [0.15, 0.2) is 35.9 Å². The fourth-order valence-electron chi connectivity index (χ4n) is 1.74. The Balaban J connectivity index is 2.84. The van der Waals surface area contributed by atoms with Gasteiger partial charge in [-0.25, -0.2) is 0 Å². The zero-order valence-electron chi connectivity index (χ0n) is 10.1. The van der Waals surface area contributed by atoms with Crippen molar-refractivity contribution in [2.75, 3.05) is 13.1 Å². The monoisotopic (exact) mass is 235 g/mol. The van der Waals surface area contributed by atoms with Gasteiger partial charge in [-0.2, -0.15) is 0 Å². The van der Waals surface area contributed by atoms with Crippen LogP contribution in [0.3, 0.4) is 0 Å². The highest BCUT2D eigenvalue weighted by Crippen LogP contribution is 2.14. The molecule has 0 aliphatic carbocycles. The quantitative estimate of drug-likeness (QED) is 0.428. The molecule has 0 bridgehead atoms. The van der Waals surface area contributed by atoms with E-state index in [1.807, 2.05) is 6.92 Å². The van der Waals surface area contributed by atoms with Crippen LogP contribution in [0.4, 0.5) is 0 Å². The number of carbonyl (C=O) groups is 1. The molecule has 5 heteroatoms. The Labute approximate surface area is 102 Å². The van der Waals surface area contributed by atoms with E-state index in [1.54, 1.807) is 17.1 Å². The molecule has 0 saturated carbocycles. The third-order valence-electron chi connectivity index (χ3n) is 2.66. The highest BCUT2D eigenvalue weighted by atomic mass is 16.4. The van der Waals surface area contributed by atoms with Crippen molar-refractivity contribution in [2.45, 2.75) is 19.8 Å². The summed E-state index contributed by atoms with van der Waals surface area (Å²) in [5.74, 6) is -0.0811. The summed E-state index contributed by atoms with van der Waals surface area (Å²) in [5, 5.41) is 17.9. The number of nitrogens with zero attached hydrogens (tertiary/aromatic N) is 1. The van der Waals surface area contributed by atoms with Crippen LogP contribution in [-0.4, -0.2) is 41.1 Å². The molecule has 1 amide bonds. The van der Waals surface area contributed by atoms with Gasteiger partial charge in [-0.1, -0.05) is 24.8 Å². The molecule has 0 atom stereocenters. The summed E-state index contributed by atoms with van der Waals surface area (Å²) in [4.78, 5) is 13.9. The minimum absolute atomic E-state index is 0.0811. The van der Waals surface area contributed by atoms with Crippen molar-refractivity contribution in [3.05, 3.63) is 35.9 Å². The highest BCUT2D eigenvalue weighted by Gasteiger charge is 2.21. The van der Waals surface area contributed by atoms with E-state index in [0.717, 1.165) is 25.9 Å². The Hall–Kier alpha value is -1.33. The lowest BCUT2D eigenvalue weighted by Crippen LogP contribution is -2.29. The van der Waals surface area contributed by atoms with E-state index in [9.17, 15) is 4.79 Å². The molecule has 0 aromatic heterocycles. The lowest BCUT2D eigenvalue weighted by Gasteiger charge is -2.16. The summed E-state index contributed by atoms with van der Waals surface area (Å²) in [6.07, 6.45) is 6.88. The van der Waals surface area contributed by atoms with Gasteiger partial charge in [0, 0.05) is 18.7 Å². The Morgan fingerprint density at radius 2 is 1.94 bits per heavy atom. The molecule has 92 valence electrons. The Kier molecular flexibility index (Phi) is 5.19. The summed E-state index contributed by atoms with van der Waals surface area (Å²) >= 11 is 0. The van der Waals surface area contributed by atoms with Gasteiger partial charge in [-0.05, 0) is 25.2 Å². The standard InChI is InChI=1S/C12H18BNO3/c1-3-6-11(9-10(2)13(16)17)12(15)14-7-4-5-8-14/h3,6,9,16-17H,2,4-5,7-8H2,1H3/b6-3-,11-9+. The van der Waals surface area contributed by atoms with Crippen molar-refractivity contribution >= 4 is 13.0 Å². The van der Waals surface area contributed by atoms with Gasteiger partial charge >= 0.3 is 7.12 Å². The molecule has 0 aromatic carbocycles. The predicted molar refractivity (Wildman–Crippen MR) is 68.0 cm³/mol. The normalized spacial score (nSPS) is 16.6. The first kappa shape index (κ1) is 13.7. The van der Waals surface area contributed by atoms with Crippen molar-refractivity contribution in [2.24, 2.45) is 0 Å². The lowest BCUT2D eigenvalue weighted by atomic mass is 9.79. The zero-order chi connectivity index (χ0) is 12.8. The summed E-state index contributed by atoms with van der Waals surface area (Å²) in [6.45, 7) is 6.84. The van der Waals surface area contributed by atoms with E-state index in [0.29, 0.717) is 5.57 Å². The molecule has 1 aliphatic heterocycles. The van der Waals surface area contributed by atoms with Crippen LogP contribution in [0.25, 0.3) is 0 Å². The average Bonchev–Trinajstić information content (AvgIpc) is 2.80. The maximum Gasteiger partial charge on any atom is 0.487 e. The third kappa shape index (κ3) is 3.87. The highest BCUT2D eigenvalue weighted by molar-refractivity contribution is 6.51. The van der Waals surface area contributed by atoms with Gasteiger partial charge in [0.1, 0.15) is 0 Å². The molecule has 1 heterocycles. The molecule has 1 aliphatic rings. The van der Waals surface area contributed by atoms with Gasteiger partial charge in [0.05, 0.1) is 0 Å². The molecule has 4 nitrogen and oxygen atoms in total. The first-order chi connectivity index (χ1) is 8.06. The van der Waals surface area contributed by atoms with E-state index in [4.69, 9.17) is 10.0 Å². The predicted octanol–water partition coefficient (Wildman–Crippen LogP) is 0.679. The minimum atomic E-state index is -1.62. The second-order valence-corrected chi connectivity index (χ2v) is 4.05. The molecule has 0 aromatic rings. The number of hydrogen-bond acceptors (Lipinski definition) is 3. The fourth-order valence-corrected chi connectivity index (χ4v) is 1.74. The molecule has 0 spiro atoms. The Bertz CT molecular complexity index is 355. The van der Waals surface area contributed by atoms with Crippen molar-refractivity contribution in [1.29, 1.82) is 0 Å². The van der Waals surface area contributed by atoms with Gasteiger partial charge in [0.2, 0.25) is 0 Å². The van der Waals surface area contributed by atoms with Crippen LogP contribution in [0.2, 0.25) is 0 Å². The Morgan fingerprint density at radius 3 is 2.41 bits per heavy atom. The largest absolute Gasteiger partial charge is 0.487 e. The van der Waals surface area contributed by atoms with Crippen LogP contribution < -0.4 is 0 Å². The topological polar surface area (TPSA) is 60.8 Å². The SMILES string of the molecule is C=C(/C=C(\C=C/C)C(=O)N1CCCC1)B(O)O. The fraction of sp³-hybridized carbons (Fsp3) is 0.417. The summed E-state index contributed by atoms with van der Waals surface area (Å²) in [6, 6.07) is 0. The van der Waals surface area contributed by atoms with Crippen molar-refractivity contribution in [3.63, 3.8) is 0 Å². The van der Waals surface area contributed by atoms with E-state index >= 15 is 0 Å². The van der Waals surface area contributed by atoms with Gasteiger partial charge in [-0.15, -0.1) is 0 Å². The van der Waals surface area contributed by atoms with Crippen LogP contribution in [0, 0.1) is 0 Å². The molecule has 17 heavy (non-hydrogen) atoms. The van der Waals surface area contributed by atoms with E-state index in [1.165, 1.54) is 6.08 Å². The summed E-state index contributed by atoms with van der Waals surface area (Å²) in [7, 11) is -1.62. The van der Waals surface area contributed by atoms with Crippen molar-refractivity contribution in [1.82, 2.24) is 4.90 Å². The first-order valence-corrected chi connectivity index (χ1v) is 5.75. The summed E-state index contributed by atoms with van der Waals surface area (Å²) < 4.78 is 0.